The van der Waals surface area contributed by atoms with Gasteiger partial charge in [-0.05, 0) is 60.2 Å². The number of esters is 1. The second-order valence-corrected chi connectivity index (χ2v) is 14.7. The topological polar surface area (TPSA) is 138 Å². The van der Waals surface area contributed by atoms with Crippen molar-refractivity contribution >= 4 is 23.3 Å². The summed E-state index contributed by atoms with van der Waals surface area (Å²) in [5.41, 5.74) is -2.51. The summed E-state index contributed by atoms with van der Waals surface area (Å²) in [4.78, 5) is 53.0. The number of carbonyl (C=O) groups excluding carboxylic acids is 4. The first-order valence-electron chi connectivity index (χ1n) is 14.6. The van der Waals surface area contributed by atoms with E-state index in [1.54, 1.807) is 0 Å². The fourth-order valence-corrected chi connectivity index (χ4v) is 9.99. The Morgan fingerprint density at radius 2 is 1.62 bits per heavy atom. The molecule has 0 bridgehead atoms. The quantitative estimate of drug-likeness (QED) is 0.431. The van der Waals surface area contributed by atoms with Crippen LogP contribution in [0, 0.1) is 57.2 Å². The van der Waals surface area contributed by atoms with Crippen molar-refractivity contribution in [3.05, 3.63) is 0 Å². The highest BCUT2D eigenvalue weighted by Crippen LogP contribution is 2.73. The number of methoxy groups -OCH3 is 1. The summed E-state index contributed by atoms with van der Waals surface area (Å²) in [5.74, 6) is -3.85. The van der Waals surface area contributed by atoms with E-state index < -0.39 is 69.5 Å². The zero-order valence-electron chi connectivity index (χ0n) is 24.8. The number of carbonyl (C=O) groups is 4. The Balaban J connectivity index is 1.66. The number of ether oxygens (including phenoxy) is 1. The molecule has 4 aliphatic rings. The number of Topliss-reactive ketones (excluding diaryl/α,β-unsaturated/α-hetero) is 3. The van der Waals surface area contributed by atoms with E-state index >= 15 is 0 Å². The van der Waals surface area contributed by atoms with Gasteiger partial charge in [0, 0.05) is 36.5 Å². The van der Waals surface area contributed by atoms with Crippen molar-refractivity contribution < 1.29 is 39.2 Å². The van der Waals surface area contributed by atoms with Gasteiger partial charge >= 0.3 is 5.97 Å². The highest BCUT2D eigenvalue weighted by molar-refractivity contribution is 5.95. The van der Waals surface area contributed by atoms with Gasteiger partial charge < -0.3 is 20.1 Å². The molecule has 4 fully saturated rings. The highest BCUT2D eigenvalue weighted by atomic mass is 16.5. The Hall–Kier alpha value is -1.64. The largest absolute Gasteiger partial charge is 0.469 e. The molecule has 0 spiro atoms. The van der Waals surface area contributed by atoms with Gasteiger partial charge in [-0.3, -0.25) is 19.2 Å². The second kappa shape index (κ2) is 9.73. The van der Waals surface area contributed by atoms with Crippen molar-refractivity contribution in [1.82, 2.24) is 0 Å². The molecule has 8 nitrogen and oxygen atoms in total. The lowest BCUT2D eigenvalue weighted by atomic mass is 9.37. The normalized spacial score (nSPS) is 45.4. The number of aliphatic hydroxyl groups excluding tert-OH is 3. The Morgan fingerprint density at radius 1 is 1.00 bits per heavy atom. The fourth-order valence-electron chi connectivity index (χ4n) is 9.99. The van der Waals surface area contributed by atoms with Gasteiger partial charge in [0.15, 0.2) is 5.78 Å². The first-order valence-corrected chi connectivity index (χ1v) is 14.6. The maximum atomic E-state index is 14.2. The van der Waals surface area contributed by atoms with Crippen LogP contribution in [-0.4, -0.2) is 64.1 Å². The molecule has 0 saturated heterocycles. The molecule has 0 aromatic rings. The average Bonchev–Trinajstić information content (AvgIpc) is 3.07. The lowest BCUT2D eigenvalue weighted by Crippen LogP contribution is -2.68. The molecule has 4 rings (SSSR count). The monoisotopic (exact) mass is 548 g/mol. The lowest BCUT2D eigenvalue weighted by Gasteiger charge is -2.66. The molecule has 12 atom stereocenters. The molecule has 0 heterocycles. The van der Waals surface area contributed by atoms with Crippen LogP contribution in [0.4, 0.5) is 0 Å². The van der Waals surface area contributed by atoms with E-state index in [2.05, 4.69) is 11.7 Å². The number of hydrogen-bond acceptors (Lipinski definition) is 8. The van der Waals surface area contributed by atoms with E-state index in [0.29, 0.717) is 19.3 Å². The van der Waals surface area contributed by atoms with E-state index in [1.165, 1.54) is 14.0 Å². The lowest BCUT2D eigenvalue weighted by molar-refractivity contribution is -0.208. The Bertz CT molecular complexity index is 1050. The number of rotatable bonds is 6. The van der Waals surface area contributed by atoms with E-state index in [4.69, 9.17) is 0 Å². The maximum Gasteiger partial charge on any atom is 0.311 e. The average molecular weight is 549 g/mol. The van der Waals surface area contributed by atoms with Crippen molar-refractivity contribution in [1.29, 1.82) is 0 Å². The second-order valence-electron chi connectivity index (χ2n) is 14.7. The predicted molar refractivity (Wildman–Crippen MR) is 143 cm³/mol. The molecule has 8 heteroatoms. The van der Waals surface area contributed by atoms with E-state index in [9.17, 15) is 34.5 Å². The van der Waals surface area contributed by atoms with Crippen LogP contribution in [0.3, 0.4) is 0 Å². The van der Waals surface area contributed by atoms with Crippen molar-refractivity contribution in [3.8, 4) is 0 Å². The summed E-state index contributed by atoms with van der Waals surface area (Å²) >= 11 is 0. The molecule has 0 aliphatic heterocycles. The minimum Gasteiger partial charge on any atom is -0.469 e. The van der Waals surface area contributed by atoms with Crippen LogP contribution in [-0.2, 0) is 23.9 Å². The summed E-state index contributed by atoms with van der Waals surface area (Å²) in [7, 11) is 1.21. The minimum atomic E-state index is -1.50. The number of aliphatic hydroxyl groups is 3. The minimum absolute atomic E-state index is 0.00261. The van der Waals surface area contributed by atoms with Crippen LogP contribution in [0.25, 0.3) is 0 Å². The summed E-state index contributed by atoms with van der Waals surface area (Å²) in [6, 6.07) is 0. The smallest absolute Gasteiger partial charge is 0.311 e. The van der Waals surface area contributed by atoms with Crippen LogP contribution in [0.15, 0.2) is 0 Å². The molecule has 1 unspecified atom stereocenters. The van der Waals surface area contributed by atoms with E-state index in [1.807, 2.05) is 34.6 Å². The SMILES string of the molecule is COC(=O)C(C)[C@@H](O)C(=O)C[C@@H](C)[C@H]1C[C@H](O)[C@@]2(C)[C@@H]3C(=O)C[C@H]4C(C)(C)[C@@H](O)CC[C@]4(C)[C@H]3C(=O)C[C@]12C. The van der Waals surface area contributed by atoms with Crippen LogP contribution < -0.4 is 0 Å². The van der Waals surface area contributed by atoms with E-state index in [-0.39, 0.29) is 48.6 Å². The standard InChI is InChI=1S/C31H48O8/c1-15(11-19(33)26(37)16(2)27(38)39-8)17-12-23(36)31(7)25-18(32)13-21-28(3,4)22(35)9-10-29(21,5)24(25)20(34)14-30(17,31)6/h15-17,21-26,35-37H,9-14H2,1-8H3/t15-,16?,17-,21+,22+,23+,24+,25-,26-,29+,30-,31+/m1/s1. The number of ketones is 3. The molecule has 0 radical (unpaired) electrons. The Labute approximate surface area is 232 Å². The molecule has 0 aromatic carbocycles. The van der Waals surface area contributed by atoms with Crippen molar-refractivity contribution in [3.63, 3.8) is 0 Å². The molecule has 3 N–H and O–H groups in total. The van der Waals surface area contributed by atoms with Crippen molar-refractivity contribution in [2.75, 3.05) is 7.11 Å². The van der Waals surface area contributed by atoms with E-state index in [0.717, 1.165) is 0 Å². The van der Waals surface area contributed by atoms with Gasteiger partial charge in [0.2, 0.25) is 0 Å². The molecular formula is C31H48O8. The summed E-state index contributed by atoms with van der Waals surface area (Å²) in [5, 5.41) is 33.0. The zero-order valence-corrected chi connectivity index (χ0v) is 24.8. The molecule has 4 aliphatic carbocycles. The molecule has 39 heavy (non-hydrogen) atoms. The van der Waals surface area contributed by atoms with Gasteiger partial charge in [-0.2, -0.15) is 0 Å². The molecule has 4 saturated carbocycles. The fraction of sp³-hybridized carbons (Fsp3) is 0.871. The zero-order chi connectivity index (χ0) is 29.5. The maximum absolute atomic E-state index is 14.2. The Kier molecular flexibility index (Phi) is 7.56. The highest BCUT2D eigenvalue weighted by Gasteiger charge is 2.74. The third-order valence-electron chi connectivity index (χ3n) is 12.6. The first-order chi connectivity index (χ1) is 17.9. The summed E-state index contributed by atoms with van der Waals surface area (Å²) in [6.07, 6.45) is -0.761. The molecule has 0 amide bonds. The van der Waals surface area contributed by atoms with Crippen LogP contribution >= 0.6 is 0 Å². The van der Waals surface area contributed by atoms with Crippen LogP contribution in [0.5, 0.6) is 0 Å². The van der Waals surface area contributed by atoms with Crippen LogP contribution in [0.2, 0.25) is 0 Å². The van der Waals surface area contributed by atoms with Gasteiger partial charge in [0.25, 0.3) is 0 Å². The Morgan fingerprint density at radius 3 is 2.21 bits per heavy atom. The first kappa shape index (κ1) is 30.3. The van der Waals surface area contributed by atoms with Gasteiger partial charge in [0.05, 0.1) is 25.2 Å². The van der Waals surface area contributed by atoms with Crippen molar-refractivity contribution in [2.24, 2.45) is 57.2 Å². The predicted octanol–water partition coefficient (Wildman–Crippen LogP) is 3.13. The number of hydrogen-bond donors (Lipinski definition) is 3. The van der Waals surface area contributed by atoms with Gasteiger partial charge in [-0.15, -0.1) is 0 Å². The summed E-state index contributed by atoms with van der Waals surface area (Å²) in [6.45, 7) is 13.4. The molecular weight excluding hydrogens is 500 g/mol. The number of fused-ring (bicyclic) bond motifs is 5. The van der Waals surface area contributed by atoms with Gasteiger partial charge in [-0.1, -0.05) is 41.5 Å². The van der Waals surface area contributed by atoms with Crippen LogP contribution in [0.1, 0.15) is 87.0 Å². The summed E-state index contributed by atoms with van der Waals surface area (Å²) < 4.78 is 4.67. The molecule has 220 valence electrons. The van der Waals surface area contributed by atoms with Gasteiger partial charge in [0.1, 0.15) is 17.7 Å². The van der Waals surface area contributed by atoms with Gasteiger partial charge in [-0.25, -0.2) is 0 Å². The third-order valence-corrected chi connectivity index (χ3v) is 12.6. The molecule has 0 aromatic heterocycles. The third kappa shape index (κ3) is 4.10. The van der Waals surface area contributed by atoms with Crippen molar-refractivity contribution in [2.45, 2.75) is 105 Å².